The molecule has 0 bridgehead atoms. The Hall–Kier alpha value is -1.26. The highest BCUT2D eigenvalue weighted by atomic mass is 16.5. The van der Waals surface area contributed by atoms with Crippen molar-refractivity contribution in [2.45, 2.75) is 25.9 Å². The van der Waals surface area contributed by atoms with Crippen LogP contribution in [-0.2, 0) is 11.2 Å². The molecule has 0 spiro atoms. The summed E-state index contributed by atoms with van der Waals surface area (Å²) in [6, 6.07) is 5.84. The molecular weight excluding hydrogens is 230 g/mol. The second-order valence-corrected chi connectivity index (χ2v) is 4.22. The van der Waals surface area contributed by atoms with Gasteiger partial charge in [0.2, 0.25) is 0 Å². The van der Waals surface area contributed by atoms with Gasteiger partial charge in [-0.2, -0.15) is 0 Å². The zero-order valence-electron chi connectivity index (χ0n) is 11.4. The van der Waals surface area contributed by atoms with Crippen LogP contribution in [0, 0.1) is 0 Å². The van der Waals surface area contributed by atoms with Gasteiger partial charge in [-0.3, -0.25) is 0 Å². The highest BCUT2D eigenvalue weighted by molar-refractivity contribution is 5.41. The third kappa shape index (κ3) is 4.55. The van der Waals surface area contributed by atoms with Crippen molar-refractivity contribution >= 4 is 0 Å². The van der Waals surface area contributed by atoms with E-state index in [1.165, 1.54) is 0 Å². The Kier molecular flexibility index (Phi) is 6.54. The Morgan fingerprint density at radius 2 is 2.06 bits per heavy atom. The average Bonchev–Trinajstić information content (AvgIpc) is 2.38. The highest BCUT2D eigenvalue weighted by Gasteiger charge is 2.09. The highest BCUT2D eigenvalue weighted by Crippen LogP contribution is 2.26. The first-order chi connectivity index (χ1) is 8.71. The van der Waals surface area contributed by atoms with Gasteiger partial charge in [0, 0.05) is 26.2 Å². The van der Waals surface area contributed by atoms with E-state index in [1.807, 2.05) is 25.1 Å². The summed E-state index contributed by atoms with van der Waals surface area (Å²) in [6.45, 7) is 3.33. The number of rotatable bonds is 8. The van der Waals surface area contributed by atoms with E-state index in [1.54, 1.807) is 14.2 Å². The van der Waals surface area contributed by atoms with E-state index >= 15 is 0 Å². The van der Waals surface area contributed by atoms with Crippen molar-refractivity contribution in [3.05, 3.63) is 23.8 Å². The lowest BCUT2D eigenvalue weighted by atomic mass is 10.1. The first kappa shape index (κ1) is 14.8. The minimum Gasteiger partial charge on any atom is -0.497 e. The molecule has 4 heteroatoms. The van der Waals surface area contributed by atoms with Crippen LogP contribution in [0.15, 0.2) is 18.2 Å². The monoisotopic (exact) mass is 253 g/mol. The molecular formula is C14H23NO3. The molecule has 0 amide bonds. The normalized spacial score (nSPS) is 12.2. The molecule has 0 aliphatic heterocycles. The fourth-order valence-corrected chi connectivity index (χ4v) is 1.69. The predicted octanol–water partition coefficient (Wildman–Crippen LogP) is 2.00. The summed E-state index contributed by atoms with van der Waals surface area (Å²) in [6.07, 6.45) is 1.76. The standard InChI is InChI=1S/C14H23NO3/c1-11(7-9-16-2)18-14-10-13(17-3)5-4-12(14)6-8-15/h4-5,10-11H,6-9,15H2,1-3H3. The third-order valence-corrected chi connectivity index (χ3v) is 2.74. The van der Waals surface area contributed by atoms with Crippen molar-refractivity contribution < 1.29 is 14.2 Å². The maximum atomic E-state index is 5.93. The van der Waals surface area contributed by atoms with Crippen molar-refractivity contribution in [3.8, 4) is 11.5 Å². The summed E-state index contributed by atoms with van der Waals surface area (Å²) in [5.74, 6) is 1.65. The topological polar surface area (TPSA) is 53.7 Å². The maximum Gasteiger partial charge on any atom is 0.126 e. The van der Waals surface area contributed by atoms with E-state index in [0.717, 1.165) is 29.9 Å². The Morgan fingerprint density at radius 3 is 2.67 bits per heavy atom. The maximum absolute atomic E-state index is 5.93. The molecule has 0 aliphatic rings. The third-order valence-electron chi connectivity index (χ3n) is 2.74. The lowest BCUT2D eigenvalue weighted by Crippen LogP contribution is -2.16. The minimum atomic E-state index is 0.105. The van der Waals surface area contributed by atoms with Crippen molar-refractivity contribution in [1.82, 2.24) is 0 Å². The lowest BCUT2D eigenvalue weighted by molar-refractivity contribution is 0.134. The largest absolute Gasteiger partial charge is 0.497 e. The zero-order chi connectivity index (χ0) is 13.4. The quantitative estimate of drug-likeness (QED) is 0.770. The zero-order valence-corrected chi connectivity index (χ0v) is 11.4. The van der Waals surface area contributed by atoms with Crippen molar-refractivity contribution in [2.24, 2.45) is 5.73 Å². The van der Waals surface area contributed by atoms with Crippen LogP contribution >= 0.6 is 0 Å². The molecule has 1 unspecified atom stereocenters. The molecule has 0 aliphatic carbocycles. The van der Waals surface area contributed by atoms with Gasteiger partial charge >= 0.3 is 0 Å². The van der Waals surface area contributed by atoms with Crippen LogP contribution in [0.3, 0.4) is 0 Å². The SMILES string of the molecule is COCCC(C)Oc1cc(OC)ccc1CCN. The van der Waals surface area contributed by atoms with E-state index in [2.05, 4.69) is 0 Å². The molecule has 0 fully saturated rings. The molecule has 0 saturated heterocycles. The Bertz CT molecular complexity index is 355. The van der Waals surface area contributed by atoms with Gasteiger partial charge in [0.25, 0.3) is 0 Å². The first-order valence-electron chi connectivity index (χ1n) is 6.23. The Balaban J connectivity index is 2.76. The fraction of sp³-hybridized carbons (Fsp3) is 0.571. The van der Waals surface area contributed by atoms with Gasteiger partial charge < -0.3 is 19.9 Å². The average molecular weight is 253 g/mol. The van der Waals surface area contributed by atoms with Gasteiger partial charge in [-0.15, -0.1) is 0 Å². The van der Waals surface area contributed by atoms with Crippen LogP contribution in [0.5, 0.6) is 11.5 Å². The van der Waals surface area contributed by atoms with Gasteiger partial charge in [-0.25, -0.2) is 0 Å². The molecule has 1 aromatic rings. The van der Waals surface area contributed by atoms with Crippen LogP contribution in [0.2, 0.25) is 0 Å². The molecule has 2 N–H and O–H groups in total. The van der Waals surface area contributed by atoms with Gasteiger partial charge in [0.05, 0.1) is 13.2 Å². The van der Waals surface area contributed by atoms with E-state index in [-0.39, 0.29) is 6.10 Å². The fourth-order valence-electron chi connectivity index (χ4n) is 1.69. The van der Waals surface area contributed by atoms with Crippen LogP contribution in [0.25, 0.3) is 0 Å². The number of hydrogen-bond acceptors (Lipinski definition) is 4. The summed E-state index contributed by atoms with van der Waals surface area (Å²) in [4.78, 5) is 0. The van der Waals surface area contributed by atoms with Crippen LogP contribution < -0.4 is 15.2 Å². The summed E-state index contributed by atoms with van der Waals surface area (Å²) in [7, 11) is 3.34. The van der Waals surface area contributed by atoms with Gasteiger partial charge in [-0.1, -0.05) is 6.07 Å². The number of ether oxygens (including phenoxy) is 3. The molecule has 0 aromatic heterocycles. The van der Waals surface area contributed by atoms with E-state index < -0.39 is 0 Å². The van der Waals surface area contributed by atoms with Crippen molar-refractivity contribution in [2.75, 3.05) is 27.4 Å². The molecule has 1 atom stereocenters. The lowest BCUT2D eigenvalue weighted by Gasteiger charge is -2.18. The molecule has 0 heterocycles. The Labute approximate surface area is 109 Å². The van der Waals surface area contributed by atoms with Crippen LogP contribution in [-0.4, -0.2) is 33.5 Å². The number of methoxy groups -OCH3 is 2. The second-order valence-electron chi connectivity index (χ2n) is 4.22. The summed E-state index contributed by atoms with van der Waals surface area (Å²) < 4.78 is 16.2. The molecule has 18 heavy (non-hydrogen) atoms. The summed E-state index contributed by atoms with van der Waals surface area (Å²) in [5, 5.41) is 0. The molecule has 0 radical (unpaired) electrons. The summed E-state index contributed by atoms with van der Waals surface area (Å²) >= 11 is 0. The minimum absolute atomic E-state index is 0.105. The predicted molar refractivity (Wildman–Crippen MR) is 72.3 cm³/mol. The van der Waals surface area contributed by atoms with E-state index in [4.69, 9.17) is 19.9 Å². The summed E-state index contributed by atoms with van der Waals surface area (Å²) in [5.41, 5.74) is 6.72. The smallest absolute Gasteiger partial charge is 0.126 e. The first-order valence-corrected chi connectivity index (χ1v) is 6.23. The van der Waals surface area contributed by atoms with Gasteiger partial charge in [-0.05, 0) is 31.5 Å². The molecule has 4 nitrogen and oxygen atoms in total. The van der Waals surface area contributed by atoms with Crippen molar-refractivity contribution in [1.29, 1.82) is 0 Å². The molecule has 0 saturated carbocycles. The van der Waals surface area contributed by atoms with Gasteiger partial charge in [0.1, 0.15) is 11.5 Å². The van der Waals surface area contributed by atoms with Gasteiger partial charge in [0.15, 0.2) is 0 Å². The molecule has 1 aromatic carbocycles. The number of nitrogens with two attached hydrogens (primary N) is 1. The molecule has 1 rings (SSSR count). The van der Waals surface area contributed by atoms with E-state index in [9.17, 15) is 0 Å². The second kappa shape index (κ2) is 7.95. The van der Waals surface area contributed by atoms with Crippen LogP contribution in [0.1, 0.15) is 18.9 Å². The van der Waals surface area contributed by atoms with Crippen LogP contribution in [0.4, 0.5) is 0 Å². The molecule has 102 valence electrons. The van der Waals surface area contributed by atoms with Crippen molar-refractivity contribution in [3.63, 3.8) is 0 Å². The number of hydrogen-bond donors (Lipinski definition) is 1. The van der Waals surface area contributed by atoms with E-state index in [0.29, 0.717) is 13.2 Å². The number of benzene rings is 1. The Morgan fingerprint density at radius 1 is 1.28 bits per heavy atom.